The Labute approximate surface area is 138 Å². The number of fused-ring (bicyclic) bond motifs is 1. The molecule has 0 amide bonds. The van der Waals surface area contributed by atoms with Crippen molar-refractivity contribution in [3.8, 4) is 0 Å². The summed E-state index contributed by atoms with van der Waals surface area (Å²) in [6.45, 7) is 0.736. The number of rotatable bonds is 7. The maximum absolute atomic E-state index is 9.61. The predicted octanol–water partition coefficient (Wildman–Crippen LogP) is -1.08. The normalized spacial score (nSPS) is 27.1. The van der Waals surface area contributed by atoms with E-state index in [1.54, 1.807) is 25.1 Å². The van der Waals surface area contributed by atoms with E-state index >= 15 is 0 Å². The van der Waals surface area contributed by atoms with Crippen molar-refractivity contribution in [2.75, 3.05) is 39.7 Å². The lowest BCUT2D eigenvalue weighted by Crippen LogP contribution is -2.45. The van der Waals surface area contributed by atoms with Gasteiger partial charge in [-0.25, -0.2) is 15.0 Å². The van der Waals surface area contributed by atoms with E-state index in [2.05, 4.69) is 20.3 Å². The van der Waals surface area contributed by atoms with Crippen LogP contribution in [0.3, 0.4) is 0 Å². The summed E-state index contributed by atoms with van der Waals surface area (Å²) in [7, 11) is 3.42. The Morgan fingerprint density at radius 1 is 1.38 bits per heavy atom. The Morgan fingerprint density at radius 2 is 2.21 bits per heavy atom. The summed E-state index contributed by atoms with van der Waals surface area (Å²) < 4.78 is 18.7. The van der Waals surface area contributed by atoms with Gasteiger partial charge in [-0.2, -0.15) is 0 Å². The van der Waals surface area contributed by atoms with Crippen LogP contribution >= 0.6 is 0 Å². The van der Waals surface area contributed by atoms with Gasteiger partial charge < -0.3 is 30.4 Å². The van der Waals surface area contributed by atoms with Crippen LogP contribution in [0.5, 0.6) is 0 Å². The molecule has 10 nitrogen and oxygen atoms in total. The molecule has 2 aromatic heterocycles. The van der Waals surface area contributed by atoms with E-state index in [0.29, 0.717) is 30.2 Å². The number of aliphatic hydroxyl groups is 1. The molecule has 0 aliphatic carbocycles. The molecule has 1 saturated heterocycles. The Bertz CT molecular complexity index is 680. The molecular weight excluding hydrogens is 316 g/mol. The minimum absolute atomic E-state index is 0.129. The van der Waals surface area contributed by atoms with Crippen molar-refractivity contribution < 1.29 is 19.3 Å². The third-order valence-corrected chi connectivity index (χ3v) is 4.12. The van der Waals surface area contributed by atoms with Crippen molar-refractivity contribution in [1.82, 2.24) is 24.8 Å². The number of anilines is 1. The summed E-state index contributed by atoms with van der Waals surface area (Å²) in [6, 6.07) is -0.187. The van der Waals surface area contributed by atoms with Crippen LogP contribution < -0.4 is 11.1 Å². The molecular formula is C14H22N6O4. The first-order chi connectivity index (χ1) is 11.7. The standard InChI is InChI=1S/C14H22N6O4/c1-16-9-8(5-21)24-14(11(9)23-4-3-22-2)20-7-19-10-12(15)17-6-18-13(10)20/h6-9,11,14,16,21H,3-5H2,1-2H3,(H2,15,17,18)/t8-,9-,11-,14-/m1/s1. The Balaban J connectivity index is 1.94. The highest BCUT2D eigenvalue weighted by molar-refractivity contribution is 5.81. The van der Waals surface area contributed by atoms with E-state index in [9.17, 15) is 5.11 Å². The number of likely N-dealkylation sites (N-methyl/N-ethyl adjacent to an activating group) is 1. The number of imidazole rings is 1. The highest BCUT2D eigenvalue weighted by atomic mass is 16.6. The molecule has 0 radical (unpaired) electrons. The summed E-state index contributed by atoms with van der Waals surface area (Å²) in [4.78, 5) is 12.4. The maximum atomic E-state index is 9.61. The molecule has 0 unspecified atom stereocenters. The van der Waals surface area contributed by atoms with Gasteiger partial charge in [0.05, 0.1) is 32.2 Å². The monoisotopic (exact) mass is 338 g/mol. The first kappa shape index (κ1) is 17.0. The topological polar surface area (TPSA) is 130 Å². The number of aromatic nitrogens is 4. The first-order valence-electron chi connectivity index (χ1n) is 7.68. The third kappa shape index (κ3) is 2.94. The quantitative estimate of drug-likeness (QED) is 0.540. The van der Waals surface area contributed by atoms with E-state index in [1.807, 2.05) is 0 Å². The van der Waals surface area contributed by atoms with Crippen LogP contribution in [0.1, 0.15) is 6.23 Å². The second kappa shape index (κ2) is 7.36. The second-order valence-electron chi connectivity index (χ2n) is 5.47. The number of hydrogen-bond acceptors (Lipinski definition) is 9. The number of nitrogens with zero attached hydrogens (tertiary/aromatic N) is 4. The van der Waals surface area contributed by atoms with Gasteiger partial charge in [-0.05, 0) is 7.05 Å². The molecule has 24 heavy (non-hydrogen) atoms. The zero-order valence-corrected chi connectivity index (χ0v) is 13.6. The molecule has 3 rings (SSSR count). The number of methoxy groups -OCH3 is 1. The largest absolute Gasteiger partial charge is 0.394 e. The predicted molar refractivity (Wildman–Crippen MR) is 85.2 cm³/mol. The number of aliphatic hydroxyl groups excluding tert-OH is 1. The average Bonchev–Trinajstić information content (AvgIpc) is 3.16. The summed E-state index contributed by atoms with van der Waals surface area (Å²) in [5.74, 6) is 0.303. The van der Waals surface area contributed by atoms with E-state index < -0.39 is 12.3 Å². The van der Waals surface area contributed by atoms with Gasteiger partial charge in [-0.15, -0.1) is 0 Å². The zero-order chi connectivity index (χ0) is 17.1. The van der Waals surface area contributed by atoms with E-state index in [-0.39, 0.29) is 18.8 Å². The van der Waals surface area contributed by atoms with Gasteiger partial charge in [0.2, 0.25) is 0 Å². The lowest BCUT2D eigenvalue weighted by Gasteiger charge is -2.24. The summed E-state index contributed by atoms with van der Waals surface area (Å²) in [5.41, 5.74) is 6.90. The summed E-state index contributed by atoms with van der Waals surface area (Å²) >= 11 is 0. The molecule has 1 aliphatic heterocycles. The van der Waals surface area contributed by atoms with Gasteiger partial charge in [-0.3, -0.25) is 4.57 Å². The third-order valence-electron chi connectivity index (χ3n) is 4.12. The number of nitrogens with two attached hydrogens (primary N) is 1. The van der Waals surface area contributed by atoms with Crippen LogP contribution in [-0.4, -0.2) is 76.9 Å². The van der Waals surface area contributed by atoms with Crippen LogP contribution in [0.25, 0.3) is 11.2 Å². The molecule has 0 aromatic carbocycles. The van der Waals surface area contributed by atoms with Crippen LogP contribution in [0, 0.1) is 0 Å². The lowest BCUT2D eigenvalue weighted by atomic mass is 10.1. The van der Waals surface area contributed by atoms with Crippen molar-refractivity contribution in [1.29, 1.82) is 0 Å². The molecule has 1 fully saturated rings. The molecule has 2 aromatic rings. The summed E-state index contributed by atoms with van der Waals surface area (Å²) in [6.07, 6.45) is 1.71. The Morgan fingerprint density at radius 3 is 2.92 bits per heavy atom. The molecule has 1 aliphatic rings. The van der Waals surface area contributed by atoms with Crippen molar-refractivity contribution >= 4 is 17.0 Å². The number of nitrogens with one attached hydrogen (secondary N) is 1. The highest BCUT2D eigenvalue weighted by Crippen LogP contribution is 2.33. The van der Waals surface area contributed by atoms with Gasteiger partial charge in [0.25, 0.3) is 0 Å². The second-order valence-corrected chi connectivity index (χ2v) is 5.47. The van der Waals surface area contributed by atoms with Crippen LogP contribution in [0.4, 0.5) is 5.82 Å². The van der Waals surface area contributed by atoms with Crippen molar-refractivity contribution in [2.45, 2.75) is 24.5 Å². The minimum Gasteiger partial charge on any atom is -0.394 e. The van der Waals surface area contributed by atoms with Gasteiger partial charge in [-0.1, -0.05) is 0 Å². The fourth-order valence-corrected chi connectivity index (χ4v) is 2.97. The fraction of sp³-hybridized carbons (Fsp3) is 0.643. The number of nitrogen functional groups attached to an aromatic ring is 1. The van der Waals surface area contributed by atoms with E-state index in [0.717, 1.165) is 0 Å². The van der Waals surface area contributed by atoms with Crippen LogP contribution in [0.2, 0.25) is 0 Å². The van der Waals surface area contributed by atoms with Gasteiger partial charge >= 0.3 is 0 Å². The molecule has 132 valence electrons. The number of ether oxygens (including phenoxy) is 3. The molecule has 0 bridgehead atoms. The Kier molecular flexibility index (Phi) is 5.21. The SMILES string of the molecule is CN[C@H]1[C@@H](OCCOC)[C@H](n2cnc3c(N)ncnc32)O[C@@H]1CO. The maximum Gasteiger partial charge on any atom is 0.167 e. The zero-order valence-electron chi connectivity index (χ0n) is 13.6. The minimum atomic E-state index is -0.504. The molecule has 0 saturated carbocycles. The fourth-order valence-electron chi connectivity index (χ4n) is 2.97. The van der Waals surface area contributed by atoms with Gasteiger partial charge in [0.15, 0.2) is 17.7 Å². The van der Waals surface area contributed by atoms with Gasteiger partial charge in [0, 0.05) is 7.11 Å². The average molecular weight is 338 g/mol. The molecule has 3 heterocycles. The van der Waals surface area contributed by atoms with Crippen molar-refractivity contribution in [2.24, 2.45) is 0 Å². The smallest absolute Gasteiger partial charge is 0.167 e. The van der Waals surface area contributed by atoms with Crippen LogP contribution in [-0.2, 0) is 14.2 Å². The molecule has 4 N–H and O–H groups in total. The molecule has 0 spiro atoms. The van der Waals surface area contributed by atoms with Crippen molar-refractivity contribution in [3.05, 3.63) is 12.7 Å². The highest BCUT2D eigenvalue weighted by Gasteiger charge is 2.45. The summed E-state index contributed by atoms with van der Waals surface area (Å²) in [5, 5.41) is 12.8. The number of hydrogen-bond donors (Lipinski definition) is 3. The van der Waals surface area contributed by atoms with Gasteiger partial charge in [0.1, 0.15) is 24.1 Å². The van der Waals surface area contributed by atoms with Crippen molar-refractivity contribution in [3.63, 3.8) is 0 Å². The molecule has 4 atom stereocenters. The lowest BCUT2D eigenvalue weighted by molar-refractivity contribution is -0.0753. The molecule has 10 heteroatoms. The first-order valence-corrected chi connectivity index (χ1v) is 7.68. The van der Waals surface area contributed by atoms with Crippen LogP contribution in [0.15, 0.2) is 12.7 Å². The Hall–Kier alpha value is -1.85. The van der Waals surface area contributed by atoms with E-state index in [1.165, 1.54) is 6.33 Å². The van der Waals surface area contributed by atoms with E-state index in [4.69, 9.17) is 19.9 Å².